The minimum atomic E-state index is -0.978. The van der Waals surface area contributed by atoms with E-state index in [2.05, 4.69) is 4.98 Å². The standard InChI is InChI=1S/C20H22ClFN4O3S/c1-26-19(23)25-20(11-28-13(10-27-2)8-18(20)30-26)14-7-12(3-4-16(14)22)29-17-9-24-6-5-15(17)21/h3-7,9,13,18H,8,10-11H2,1-2H3,(H2,23,25)/t13-,18-,20-/m1/s1. The lowest BCUT2D eigenvalue weighted by atomic mass is 9.82. The number of aromatic nitrogens is 1. The van der Waals surface area contributed by atoms with Crippen molar-refractivity contribution in [2.45, 2.75) is 23.3 Å². The van der Waals surface area contributed by atoms with Crippen molar-refractivity contribution in [3.8, 4) is 11.5 Å². The number of rotatable bonds is 5. The van der Waals surface area contributed by atoms with Crippen molar-refractivity contribution in [3.63, 3.8) is 0 Å². The Balaban J connectivity index is 1.74. The third-order valence-corrected chi connectivity index (χ3v) is 6.84. The number of halogens is 2. The summed E-state index contributed by atoms with van der Waals surface area (Å²) in [4.78, 5) is 8.73. The predicted molar refractivity (Wildman–Crippen MR) is 114 cm³/mol. The summed E-state index contributed by atoms with van der Waals surface area (Å²) in [5, 5.41) is 0.322. The molecule has 0 saturated carbocycles. The minimum absolute atomic E-state index is 0.0876. The molecule has 2 aliphatic rings. The van der Waals surface area contributed by atoms with Gasteiger partial charge >= 0.3 is 0 Å². The van der Waals surface area contributed by atoms with Crippen molar-refractivity contribution in [3.05, 3.63) is 53.1 Å². The zero-order valence-corrected chi connectivity index (χ0v) is 18.1. The molecule has 3 heterocycles. The molecule has 1 aromatic heterocycles. The maximum Gasteiger partial charge on any atom is 0.202 e. The van der Waals surface area contributed by atoms with Crippen LogP contribution < -0.4 is 10.5 Å². The first kappa shape index (κ1) is 21.2. The quantitative estimate of drug-likeness (QED) is 0.694. The fourth-order valence-corrected chi connectivity index (χ4v) is 5.07. The molecule has 0 bridgehead atoms. The minimum Gasteiger partial charge on any atom is -0.454 e. The Morgan fingerprint density at radius 2 is 2.27 bits per heavy atom. The van der Waals surface area contributed by atoms with Crippen molar-refractivity contribution < 1.29 is 18.6 Å². The molecule has 0 radical (unpaired) electrons. The lowest BCUT2D eigenvalue weighted by Gasteiger charge is -2.47. The van der Waals surface area contributed by atoms with Crippen LogP contribution in [0.4, 0.5) is 4.39 Å². The van der Waals surface area contributed by atoms with Gasteiger partial charge in [-0.1, -0.05) is 11.6 Å². The molecule has 0 amide bonds. The van der Waals surface area contributed by atoms with Crippen LogP contribution in [0.3, 0.4) is 0 Å². The highest BCUT2D eigenvalue weighted by atomic mass is 35.5. The van der Waals surface area contributed by atoms with Crippen LogP contribution in [0, 0.1) is 5.82 Å². The highest BCUT2D eigenvalue weighted by Gasteiger charge is 2.51. The highest BCUT2D eigenvalue weighted by molar-refractivity contribution is 7.98. The maximum absolute atomic E-state index is 15.1. The van der Waals surface area contributed by atoms with Gasteiger partial charge in [-0.3, -0.25) is 9.29 Å². The second-order valence-electron chi connectivity index (χ2n) is 7.16. The first-order valence-electron chi connectivity index (χ1n) is 9.36. The number of pyridine rings is 1. The molecular weight excluding hydrogens is 431 g/mol. The maximum atomic E-state index is 15.1. The summed E-state index contributed by atoms with van der Waals surface area (Å²) in [6.07, 6.45) is 3.61. The van der Waals surface area contributed by atoms with Crippen LogP contribution in [-0.4, -0.2) is 54.0 Å². The van der Waals surface area contributed by atoms with Gasteiger partial charge in [0.2, 0.25) is 5.96 Å². The van der Waals surface area contributed by atoms with Gasteiger partial charge in [-0.25, -0.2) is 9.38 Å². The number of aliphatic imine (C=N–C) groups is 1. The highest BCUT2D eigenvalue weighted by Crippen LogP contribution is 2.48. The lowest BCUT2D eigenvalue weighted by molar-refractivity contribution is -0.0596. The molecule has 3 atom stereocenters. The zero-order valence-electron chi connectivity index (χ0n) is 16.5. The molecule has 30 heavy (non-hydrogen) atoms. The molecule has 2 aromatic rings. The zero-order chi connectivity index (χ0) is 21.3. The summed E-state index contributed by atoms with van der Waals surface area (Å²) >= 11 is 7.69. The molecule has 4 rings (SSSR count). The van der Waals surface area contributed by atoms with Gasteiger partial charge in [0.1, 0.15) is 17.1 Å². The van der Waals surface area contributed by atoms with Crippen molar-refractivity contribution in [2.24, 2.45) is 10.7 Å². The van der Waals surface area contributed by atoms with Crippen molar-refractivity contribution in [1.82, 2.24) is 9.29 Å². The van der Waals surface area contributed by atoms with E-state index in [0.29, 0.717) is 41.1 Å². The van der Waals surface area contributed by atoms with Crippen LogP contribution in [0.2, 0.25) is 5.02 Å². The molecule has 1 aromatic carbocycles. The van der Waals surface area contributed by atoms with E-state index in [9.17, 15) is 0 Å². The summed E-state index contributed by atoms with van der Waals surface area (Å²) in [7, 11) is 3.47. The molecule has 10 heteroatoms. The molecular formula is C20H22ClFN4O3S. The van der Waals surface area contributed by atoms with E-state index in [-0.39, 0.29) is 18.0 Å². The van der Waals surface area contributed by atoms with Crippen molar-refractivity contribution >= 4 is 29.5 Å². The average molecular weight is 453 g/mol. The Kier molecular flexibility index (Phi) is 6.06. The SMILES string of the molecule is COC[C@H]1C[C@H]2SN(C)C(N)=N[C@@]2(c2cc(Oc3cnccc3Cl)ccc2F)CO1. The topological polar surface area (TPSA) is 82.2 Å². The Bertz CT molecular complexity index is 965. The number of nitrogens with zero attached hydrogens (tertiary/aromatic N) is 3. The molecule has 0 spiro atoms. The van der Waals surface area contributed by atoms with E-state index in [1.54, 1.807) is 35.8 Å². The van der Waals surface area contributed by atoms with E-state index in [0.717, 1.165) is 0 Å². The second-order valence-corrected chi connectivity index (χ2v) is 8.89. The van der Waals surface area contributed by atoms with Crippen molar-refractivity contribution in [1.29, 1.82) is 0 Å². The summed E-state index contributed by atoms with van der Waals surface area (Å²) in [6.45, 7) is 0.641. The molecule has 2 aliphatic heterocycles. The smallest absolute Gasteiger partial charge is 0.202 e. The van der Waals surface area contributed by atoms with E-state index in [4.69, 9.17) is 36.5 Å². The first-order valence-corrected chi connectivity index (χ1v) is 10.6. The van der Waals surface area contributed by atoms with Crippen LogP contribution >= 0.6 is 23.5 Å². The summed E-state index contributed by atoms with van der Waals surface area (Å²) in [5.41, 5.74) is 5.51. The lowest BCUT2D eigenvalue weighted by Crippen LogP contribution is -2.55. The number of guanidine groups is 1. The first-order chi connectivity index (χ1) is 14.4. The van der Waals surface area contributed by atoms with Crippen LogP contribution in [0.15, 0.2) is 41.7 Å². The van der Waals surface area contributed by atoms with Crippen LogP contribution in [0.1, 0.15) is 12.0 Å². The molecule has 1 fully saturated rings. The molecule has 2 N–H and O–H groups in total. The average Bonchev–Trinajstić information content (AvgIpc) is 2.72. The molecule has 160 valence electrons. The monoisotopic (exact) mass is 452 g/mol. The third kappa shape index (κ3) is 3.94. The van der Waals surface area contributed by atoms with E-state index in [1.807, 2.05) is 7.05 Å². The van der Waals surface area contributed by atoms with Gasteiger partial charge in [0.25, 0.3) is 0 Å². The van der Waals surface area contributed by atoms with Gasteiger partial charge in [-0.2, -0.15) is 0 Å². The van der Waals surface area contributed by atoms with Gasteiger partial charge in [-0.05, 0) is 42.6 Å². The van der Waals surface area contributed by atoms with Crippen LogP contribution in [0.5, 0.6) is 11.5 Å². The summed E-state index contributed by atoms with van der Waals surface area (Å²) in [5.74, 6) is 0.712. The molecule has 0 unspecified atom stereocenters. The molecule has 7 nitrogen and oxygen atoms in total. The third-order valence-electron chi connectivity index (χ3n) is 5.19. The van der Waals surface area contributed by atoms with Crippen LogP contribution in [0.25, 0.3) is 0 Å². The van der Waals surface area contributed by atoms with Gasteiger partial charge in [0, 0.05) is 25.9 Å². The van der Waals surface area contributed by atoms with Crippen molar-refractivity contribution in [2.75, 3.05) is 27.4 Å². The number of benzene rings is 1. The largest absolute Gasteiger partial charge is 0.454 e. The number of fused-ring (bicyclic) bond motifs is 1. The number of hydrogen-bond donors (Lipinski definition) is 1. The Hall–Kier alpha value is -2.07. The predicted octanol–water partition coefficient (Wildman–Crippen LogP) is 3.57. The molecule has 1 saturated heterocycles. The fourth-order valence-electron chi connectivity index (χ4n) is 3.67. The Morgan fingerprint density at radius 1 is 1.43 bits per heavy atom. The summed E-state index contributed by atoms with van der Waals surface area (Å²) < 4.78 is 34.0. The number of hydrogen-bond acceptors (Lipinski definition) is 8. The van der Waals surface area contributed by atoms with Gasteiger partial charge in [0.15, 0.2) is 5.75 Å². The van der Waals surface area contributed by atoms with Gasteiger partial charge < -0.3 is 19.9 Å². The summed E-state index contributed by atoms with van der Waals surface area (Å²) in [6, 6.07) is 6.16. The number of nitrogens with two attached hydrogens (primary N) is 1. The normalized spacial score (nSPS) is 26.1. The van der Waals surface area contributed by atoms with Gasteiger partial charge in [-0.15, -0.1) is 0 Å². The number of methoxy groups -OCH3 is 1. The van der Waals surface area contributed by atoms with E-state index in [1.165, 1.54) is 24.2 Å². The number of ether oxygens (including phenoxy) is 3. The Labute approximate surface area is 183 Å². The molecule has 0 aliphatic carbocycles. The van der Waals surface area contributed by atoms with Gasteiger partial charge in [0.05, 0.1) is 35.8 Å². The van der Waals surface area contributed by atoms with E-state index >= 15 is 4.39 Å². The Morgan fingerprint density at radius 3 is 3.03 bits per heavy atom. The van der Waals surface area contributed by atoms with Crippen LogP contribution in [-0.2, 0) is 15.0 Å². The van der Waals surface area contributed by atoms with E-state index < -0.39 is 11.4 Å². The second kappa shape index (κ2) is 8.58. The fraction of sp³-hybridized carbons (Fsp3) is 0.400.